The van der Waals surface area contributed by atoms with Crippen LogP contribution in [0.3, 0.4) is 0 Å². The zero-order chi connectivity index (χ0) is 18.1. The van der Waals surface area contributed by atoms with Gasteiger partial charge in [-0.3, -0.25) is 9.78 Å². The SMILES string of the molecule is CCOC(=O)C1CCCC12CCC(c1ccnc3ccc(F)cc13)CC2. The molecule has 3 nitrogen and oxygen atoms in total. The Balaban J connectivity index is 1.56. The summed E-state index contributed by atoms with van der Waals surface area (Å²) in [5.41, 5.74) is 2.18. The molecule has 0 amide bonds. The molecular weight excluding hydrogens is 329 g/mol. The Hall–Kier alpha value is -1.97. The number of esters is 1. The van der Waals surface area contributed by atoms with Crippen molar-refractivity contribution >= 4 is 16.9 Å². The molecule has 1 unspecified atom stereocenters. The number of halogens is 1. The van der Waals surface area contributed by atoms with E-state index in [-0.39, 0.29) is 23.1 Å². The Morgan fingerprint density at radius 3 is 2.81 bits per heavy atom. The number of carbonyl (C=O) groups is 1. The molecule has 2 saturated carbocycles. The van der Waals surface area contributed by atoms with E-state index in [1.807, 2.05) is 19.2 Å². The maximum absolute atomic E-state index is 13.8. The second-order valence-corrected chi connectivity index (χ2v) is 7.90. The van der Waals surface area contributed by atoms with Crippen LogP contribution in [0.5, 0.6) is 0 Å². The monoisotopic (exact) mass is 355 g/mol. The van der Waals surface area contributed by atoms with Gasteiger partial charge < -0.3 is 4.74 Å². The fraction of sp³-hybridized carbons (Fsp3) is 0.545. The number of rotatable bonds is 3. The van der Waals surface area contributed by atoms with E-state index in [1.54, 1.807) is 12.1 Å². The van der Waals surface area contributed by atoms with Gasteiger partial charge in [-0.2, -0.15) is 0 Å². The average molecular weight is 355 g/mol. The topological polar surface area (TPSA) is 39.2 Å². The van der Waals surface area contributed by atoms with E-state index in [9.17, 15) is 9.18 Å². The van der Waals surface area contributed by atoms with Gasteiger partial charge in [-0.25, -0.2) is 4.39 Å². The van der Waals surface area contributed by atoms with Crippen LogP contribution in [0.4, 0.5) is 4.39 Å². The highest BCUT2D eigenvalue weighted by molar-refractivity contribution is 5.82. The van der Waals surface area contributed by atoms with E-state index in [1.165, 1.54) is 11.6 Å². The van der Waals surface area contributed by atoms with Crippen LogP contribution < -0.4 is 0 Å². The van der Waals surface area contributed by atoms with E-state index in [4.69, 9.17) is 4.74 Å². The number of benzene rings is 1. The number of hydrogen-bond donors (Lipinski definition) is 0. The van der Waals surface area contributed by atoms with Crippen LogP contribution in [0.15, 0.2) is 30.5 Å². The maximum atomic E-state index is 13.8. The van der Waals surface area contributed by atoms with Gasteiger partial charge in [0.15, 0.2) is 0 Å². The summed E-state index contributed by atoms with van der Waals surface area (Å²) in [6.45, 7) is 2.34. The van der Waals surface area contributed by atoms with E-state index in [0.717, 1.165) is 55.8 Å². The minimum atomic E-state index is -0.211. The number of aromatic nitrogens is 1. The van der Waals surface area contributed by atoms with Crippen LogP contribution in [0.25, 0.3) is 10.9 Å². The zero-order valence-electron chi connectivity index (χ0n) is 15.3. The predicted octanol–water partition coefficient (Wildman–Crippen LogP) is 5.38. The number of hydrogen-bond acceptors (Lipinski definition) is 3. The second kappa shape index (κ2) is 6.98. The summed E-state index contributed by atoms with van der Waals surface area (Å²) in [6.07, 6.45) is 9.26. The highest BCUT2D eigenvalue weighted by Gasteiger charge is 2.49. The Bertz CT molecular complexity index is 811. The lowest BCUT2D eigenvalue weighted by Crippen LogP contribution is -2.36. The molecular formula is C22H26FNO2. The van der Waals surface area contributed by atoms with Crippen molar-refractivity contribution < 1.29 is 13.9 Å². The summed E-state index contributed by atoms with van der Waals surface area (Å²) in [5, 5.41) is 0.932. The van der Waals surface area contributed by atoms with Gasteiger partial charge >= 0.3 is 5.97 Å². The number of ether oxygens (including phenoxy) is 1. The van der Waals surface area contributed by atoms with Crippen molar-refractivity contribution in [1.82, 2.24) is 4.98 Å². The normalized spacial score (nSPS) is 28.5. The molecule has 1 aromatic carbocycles. The lowest BCUT2D eigenvalue weighted by molar-refractivity contribution is -0.152. The average Bonchev–Trinajstić information content (AvgIpc) is 3.05. The smallest absolute Gasteiger partial charge is 0.309 e. The third kappa shape index (κ3) is 3.00. The van der Waals surface area contributed by atoms with E-state index >= 15 is 0 Å². The van der Waals surface area contributed by atoms with Crippen LogP contribution in [0.1, 0.15) is 63.4 Å². The molecule has 0 radical (unpaired) electrons. The lowest BCUT2D eigenvalue weighted by atomic mass is 9.64. The molecule has 2 aliphatic rings. The van der Waals surface area contributed by atoms with Gasteiger partial charge in [-0.15, -0.1) is 0 Å². The molecule has 1 aromatic heterocycles. The van der Waals surface area contributed by atoms with Crippen LogP contribution in [0, 0.1) is 17.2 Å². The van der Waals surface area contributed by atoms with Crippen molar-refractivity contribution in [2.75, 3.05) is 6.61 Å². The quantitative estimate of drug-likeness (QED) is 0.694. The van der Waals surface area contributed by atoms with Crippen molar-refractivity contribution in [3.05, 3.63) is 41.8 Å². The number of carbonyl (C=O) groups excluding carboxylic acids is 1. The van der Waals surface area contributed by atoms with Gasteiger partial charge in [0.2, 0.25) is 0 Å². The molecule has 26 heavy (non-hydrogen) atoms. The summed E-state index contributed by atoms with van der Waals surface area (Å²) >= 11 is 0. The molecule has 1 spiro atoms. The molecule has 2 aliphatic carbocycles. The van der Waals surface area contributed by atoms with Crippen LogP contribution in [-0.4, -0.2) is 17.6 Å². The van der Waals surface area contributed by atoms with Crippen molar-refractivity contribution in [2.24, 2.45) is 11.3 Å². The summed E-state index contributed by atoms with van der Waals surface area (Å²) < 4.78 is 19.1. The first-order chi connectivity index (χ1) is 12.6. The molecule has 4 heteroatoms. The first kappa shape index (κ1) is 17.4. The van der Waals surface area contributed by atoms with Crippen molar-refractivity contribution in [3.63, 3.8) is 0 Å². The molecule has 0 bridgehead atoms. The molecule has 2 aromatic rings. The van der Waals surface area contributed by atoms with Gasteiger partial charge in [0, 0.05) is 11.6 Å². The maximum Gasteiger partial charge on any atom is 0.309 e. The molecule has 0 saturated heterocycles. The molecule has 1 atom stereocenters. The fourth-order valence-corrected chi connectivity index (χ4v) is 5.35. The molecule has 138 valence electrons. The van der Waals surface area contributed by atoms with Crippen molar-refractivity contribution in [2.45, 2.75) is 57.8 Å². The number of pyridine rings is 1. The minimum Gasteiger partial charge on any atom is -0.466 e. The van der Waals surface area contributed by atoms with E-state index < -0.39 is 0 Å². The Kier molecular flexibility index (Phi) is 4.68. The third-order valence-corrected chi connectivity index (χ3v) is 6.64. The van der Waals surface area contributed by atoms with Crippen molar-refractivity contribution in [3.8, 4) is 0 Å². The summed E-state index contributed by atoms with van der Waals surface area (Å²) in [6, 6.07) is 6.88. The van der Waals surface area contributed by atoms with Crippen LogP contribution in [-0.2, 0) is 9.53 Å². The van der Waals surface area contributed by atoms with Gasteiger partial charge in [0.25, 0.3) is 0 Å². The standard InChI is InChI=1S/C22H26FNO2/c1-2-26-21(25)19-4-3-10-22(19)11-7-15(8-12-22)17-9-13-24-20-6-5-16(23)14-18(17)20/h5-6,9,13-15,19H,2-4,7-8,10-12H2,1H3. The van der Waals surface area contributed by atoms with E-state index in [2.05, 4.69) is 4.98 Å². The second-order valence-electron chi connectivity index (χ2n) is 7.90. The summed E-state index contributed by atoms with van der Waals surface area (Å²) in [5.74, 6) is 0.267. The zero-order valence-corrected chi connectivity index (χ0v) is 15.3. The van der Waals surface area contributed by atoms with Crippen LogP contribution >= 0.6 is 0 Å². The van der Waals surface area contributed by atoms with Gasteiger partial charge in [0.05, 0.1) is 18.0 Å². The highest BCUT2D eigenvalue weighted by Crippen LogP contribution is 2.56. The highest BCUT2D eigenvalue weighted by atomic mass is 19.1. The van der Waals surface area contributed by atoms with E-state index in [0.29, 0.717) is 12.5 Å². The third-order valence-electron chi connectivity index (χ3n) is 6.64. The Labute approximate surface area is 154 Å². The van der Waals surface area contributed by atoms with Gasteiger partial charge in [-0.1, -0.05) is 6.42 Å². The van der Waals surface area contributed by atoms with Gasteiger partial charge in [0.1, 0.15) is 5.82 Å². The molecule has 1 heterocycles. The van der Waals surface area contributed by atoms with Crippen LogP contribution in [0.2, 0.25) is 0 Å². The number of nitrogens with zero attached hydrogens (tertiary/aromatic N) is 1. The molecule has 2 fully saturated rings. The first-order valence-corrected chi connectivity index (χ1v) is 9.84. The Morgan fingerprint density at radius 1 is 1.23 bits per heavy atom. The lowest BCUT2D eigenvalue weighted by Gasteiger charge is -2.41. The molecule has 4 rings (SSSR count). The predicted molar refractivity (Wildman–Crippen MR) is 99.3 cm³/mol. The van der Waals surface area contributed by atoms with Gasteiger partial charge in [-0.05, 0) is 86.6 Å². The minimum absolute atomic E-state index is 0.000109. The molecule has 0 aliphatic heterocycles. The molecule has 0 N–H and O–H groups in total. The first-order valence-electron chi connectivity index (χ1n) is 9.84. The summed E-state index contributed by atoms with van der Waals surface area (Å²) in [4.78, 5) is 16.8. The largest absolute Gasteiger partial charge is 0.466 e. The Morgan fingerprint density at radius 2 is 2.04 bits per heavy atom. The van der Waals surface area contributed by atoms with Crippen molar-refractivity contribution in [1.29, 1.82) is 0 Å². The number of fused-ring (bicyclic) bond motifs is 1. The summed E-state index contributed by atoms with van der Waals surface area (Å²) in [7, 11) is 0. The fourth-order valence-electron chi connectivity index (χ4n) is 5.35.